The number of ether oxygens (including phenoxy) is 1. The summed E-state index contributed by atoms with van der Waals surface area (Å²) in [4.78, 5) is 1.96. The number of amidine groups is 1. The maximum Gasteiger partial charge on any atom is 0.152 e. The third-order valence-corrected chi connectivity index (χ3v) is 5.11. The van der Waals surface area contributed by atoms with E-state index in [1.54, 1.807) is 25.3 Å². The van der Waals surface area contributed by atoms with Crippen molar-refractivity contribution in [2.24, 2.45) is 5.73 Å². The lowest BCUT2D eigenvalue weighted by Crippen LogP contribution is -2.29. The highest BCUT2D eigenvalue weighted by atomic mass is 32.2. The fourth-order valence-corrected chi connectivity index (χ4v) is 3.58. The van der Waals surface area contributed by atoms with Gasteiger partial charge in [0.25, 0.3) is 0 Å². The van der Waals surface area contributed by atoms with Crippen molar-refractivity contribution in [3.05, 3.63) is 23.8 Å². The van der Waals surface area contributed by atoms with Crippen molar-refractivity contribution in [3.63, 3.8) is 0 Å². The first-order chi connectivity index (χ1) is 9.43. The molecule has 1 fully saturated rings. The lowest BCUT2D eigenvalue weighted by Gasteiger charge is -2.25. The van der Waals surface area contributed by atoms with Crippen LogP contribution in [0.15, 0.2) is 18.2 Å². The number of nitrogens with two attached hydrogens (primary N) is 1. The van der Waals surface area contributed by atoms with Crippen molar-refractivity contribution in [1.29, 1.82) is 5.41 Å². The number of nitrogen functional groups attached to an aromatic ring is 1. The molecule has 0 unspecified atom stereocenters. The summed E-state index contributed by atoms with van der Waals surface area (Å²) in [6.45, 7) is 1.04. The molecule has 1 aliphatic heterocycles. The molecular formula is C13H19N3O3S. The number of hydrogen-bond donors (Lipinski definition) is 2. The normalized spacial score (nSPS) is 18.4. The van der Waals surface area contributed by atoms with E-state index in [0.29, 0.717) is 30.8 Å². The number of hydrogen-bond acceptors (Lipinski definition) is 5. The molecule has 1 saturated heterocycles. The van der Waals surface area contributed by atoms with Gasteiger partial charge in [-0.3, -0.25) is 5.41 Å². The third-order valence-electron chi connectivity index (χ3n) is 3.39. The molecule has 0 spiro atoms. The average molecular weight is 297 g/mol. The minimum absolute atomic E-state index is 0.0326. The zero-order valence-electron chi connectivity index (χ0n) is 11.4. The number of benzene rings is 1. The summed E-state index contributed by atoms with van der Waals surface area (Å²) >= 11 is 0. The van der Waals surface area contributed by atoms with Gasteiger partial charge in [-0.05, 0) is 18.6 Å². The Bertz CT molecular complexity index is 613. The second-order valence-corrected chi connectivity index (χ2v) is 7.09. The van der Waals surface area contributed by atoms with Gasteiger partial charge < -0.3 is 15.4 Å². The molecule has 0 aliphatic carbocycles. The molecule has 110 valence electrons. The quantitative estimate of drug-likeness (QED) is 0.629. The number of nitrogens with one attached hydrogen (secondary N) is 1. The van der Waals surface area contributed by atoms with Gasteiger partial charge in [0, 0.05) is 24.7 Å². The zero-order valence-corrected chi connectivity index (χ0v) is 12.2. The monoisotopic (exact) mass is 297 g/mol. The first-order valence-electron chi connectivity index (χ1n) is 6.41. The SMILES string of the molecule is COc1ccc(C(=N)N)c(N2CCCS(=O)(=O)CC2)c1. The minimum atomic E-state index is -2.97. The number of nitrogens with zero attached hydrogens (tertiary/aromatic N) is 1. The Hall–Kier alpha value is -1.76. The second kappa shape index (κ2) is 5.70. The molecule has 1 aromatic rings. The zero-order chi connectivity index (χ0) is 14.8. The molecule has 2 rings (SSSR count). The maximum atomic E-state index is 11.7. The van der Waals surface area contributed by atoms with Gasteiger partial charge in [0.15, 0.2) is 9.84 Å². The van der Waals surface area contributed by atoms with Crippen LogP contribution in [0.5, 0.6) is 5.75 Å². The van der Waals surface area contributed by atoms with Gasteiger partial charge in [0.05, 0.1) is 24.3 Å². The van der Waals surface area contributed by atoms with Crippen molar-refractivity contribution in [3.8, 4) is 5.75 Å². The van der Waals surface area contributed by atoms with E-state index >= 15 is 0 Å². The standard InChI is InChI=1S/C13H19N3O3S/c1-19-10-3-4-11(13(14)15)12(9-10)16-5-2-7-20(17,18)8-6-16/h3-4,9H,2,5-8H2,1H3,(H3,14,15). The van der Waals surface area contributed by atoms with Crippen molar-refractivity contribution >= 4 is 21.4 Å². The van der Waals surface area contributed by atoms with Crippen molar-refractivity contribution in [2.75, 3.05) is 36.6 Å². The molecule has 0 radical (unpaired) electrons. The molecular weight excluding hydrogens is 278 g/mol. The molecule has 6 nitrogen and oxygen atoms in total. The van der Waals surface area contributed by atoms with E-state index in [0.717, 1.165) is 5.69 Å². The van der Waals surface area contributed by atoms with E-state index in [2.05, 4.69) is 0 Å². The first-order valence-corrected chi connectivity index (χ1v) is 8.23. The van der Waals surface area contributed by atoms with Gasteiger partial charge in [-0.15, -0.1) is 0 Å². The van der Waals surface area contributed by atoms with E-state index in [-0.39, 0.29) is 17.3 Å². The Morgan fingerprint density at radius 1 is 1.35 bits per heavy atom. The Labute approximate surface area is 119 Å². The predicted octanol–water partition coefficient (Wildman–Crippen LogP) is 0.604. The van der Waals surface area contributed by atoms with Crippen LogP contribution in [0.1, 0.15) is 12.0 Å². The highest BCUT2D eigenvalue weighted by Crippen LogP contribution is 2.27. The Balaban J connectivity index is 2.37. The van der Waals surface area contributed by atoms with E-state index in [9.17, 15) is 8.42 Å². The molecule has 0 bridgehead atoms. The van der Waals surface area contributed by atoms with Crippen LogP contribution in [0.2, 0.25) is 0 Å². The number of rotatable bonds is 3. The lowest BCUT2D eigenvalue weighted by atomic mass is 10.1. The van der Waals surface area contributed by atoms with Crippen LogP contribution in [0.3, 0.4) is 0 Å². The summed E-state index contributed by atoms with van der Waals surface area (Å²) in [5, 5.41) is 7.65. The van der Waals surface area contributed by atoms with E-state index < -0.39 is 9.84 Å². The highest BCUT2D eigenvalue weighted by Gasteiger charge is 2.21. The van der Waals surface area contributed by atoms with Crippen LogP contribution in [0, 0.1) is 5.41 Å². The Morgan fingerprint density at radius 2 is 2.10 bits per heavy atom. The molecule has 1 aromatic carbocycles. The van der Waals surface area contributed by atoms with Crippen LogP contribution in [-0.4, -0.2) is 46.0 Å². The molecule has 0 atom stereocenters. The summed E-state index contributed by atoms with van der Waals surface area (Å²) in [6, 6.07) is 5.28. The van der Waals surface area contributed by atoms with Crippen molar-refractivity contribution in [2.45, 2.75) is 6.42 Å². The van der Waals surface area contributed by atoms with Gasteiger partial charge in [-0.1, -0.05) is 0 Å². The second-order valence-electron chi connectivity index (χ2n) is 4.79. The predicted molar refractivity (Wildman–Crippen MR) is 79.5 cm³/mol. The van der Waals surface area contributed by atoms with Crippen molar-refractivity contribution in [1.82, 2.24) is 0 Å². The largest absolute Gasteiger partial charge is 0.497 e. The van der Waals surface area contributed by atoms with Crippen LogP contribution in [0.4, 0.5) is 5.69 Å². The summed E-state index contributed by atoms with van der Waals surface area (Å²) < 4.78 is 28.5. The first kappa shape index (κ1) is 14.6. The molecule has 0 aromatic heterocycles. The summed E-state index contributed by atoms with van der Waals surface area (Å²) in [7, 11) is -1.40. The van der Waals surface area contributed by atoms with E-state index in [1.807, 2.05) is 4.90 Å². The molecule has 3 N–H and O–H groups in total. The molecule has 1 aliphatic rings. The molecule has 20 heavy (non-hydrogen) atoms. The fraction of sp³-hybridized carbons (Fsp3) is 0.462. The number of methoxy groups -OCH3 is 1. The topological polar surface area (TPSA) is 96.5 Å². The minimum Gasteiger partial charge on any atom is -0.497 e. The van der Waals surface area contributed by atoms with Crippen LogP contribution in [0.25, 0.3) is 0 Å². The molecule has 0 amide bonds. The lowest BCUT2D eigenvalue weighted by molar-refractivity contribution is 0.414. The summed E-state index contributed by atoms with van der Waals surface area (Å²) in [5.41, 5.74) is 6.96. The van der Waals surface area contributed by atoms with Crippen molar-refractivity contribution < 1.29 is 13.2 Å². The van der Waals surface area contributed by atoms with Crippen LogP contribution >= 0.6 is 0 Å². The Morgan fingerprint density at radius 3 is 2.75 bits per heavy atom. The smallest absolute Gasteiger partial charge is 0.152 e. The Kier molecular flexibility index (Phi) is 4.17. The fourth-order valence-electron chi connectivity index (χ4n) is 2.31. The van der Waals surface area contributed by atoms with Gasteiger partial charge in [0.2, 0.25) is 0 Å². The van der Waals surface area contributed by atoms with Gasteiger partial charge >= 0.3 is 0 Å². The van der Waals surface area contributed by atoms with Gasteiger partial charge in [0.1, 0.15) is 11.6 Å². The molecule has 7 heteroatoms. The van der Waals surface area contributed by atoms with E-state index in [1.165, 1.54) is 0 Å². The van der Waals surface area contributed by atoms with Crippen LogP contribution in [-0.2, 0) is 9.84 Å². The molecule has 0 saturated carbocycles. The van der Waals surface area contributed by atoms with Crippen LogP contribution < -0.4 is 15.4 Å². The highest BCUT2D eigenvalue weighted by molar-refractivity contribution is 7.91. The summed E-state index contributed by atoms with van der Waals surface area (Å²) in [6.07, 6.45) is 0.580. The maximum absolute atomic E-state index is 11.7. The molecule has 1 heterocycles. The number of anilines is 1. The third kappa shape index (κ3) is 3.22. The number of sulfone groups is 1. The summed E-state index contributed by atoms with van der Waals surface area (Å²) in [5.74, 6) is 0.969. The van der Waals surface area contributed by atoms with E-state index in [4.69, 9.17) is 15.9 Å². The van der Waals surface area contributed by atoms with Gasteiger partial charge in [-0.25, -0.2) is 8.42 Å². The average Bonchev–Trinajstić information content (AvgIpc) is 2.58. The van der Waals surface area contributed by atoms with Gasteiger partial charge in [-0.2, -0.15) is 0 Å².